The average molecular weight is 249 g/mol. The quantitative estimate of drug-likeness (QED) is 0.663. The van der Waals surface area contributed by atoms with Crippen LogP contribution in [0.3, 0.4) is 0 Å². The molecule has 5 heteroatoms. The maximum absolute atomic E-state index is 9.04. The highest BCUT2D eigenvalue weighted by atomic mass is 15.3. The Balaban J connectivity index is 2.37. The molecule has 0 radical (unpaired) electrons. The number of aromatic nitrogens is 4. The van der Waals surface area contributed by atoms with Crippen molar-refractivity contribution in [2.45, 2.75) is 13.8 Å². The lowest BCUT2D eigenvalue weighted by molar-refractivity contribution is 0.887. The van der Waals surface area contributed by atoms with E-state index in [0.29, 0.717) is 11.2 Å². The lowest BCUT2D eigenvalue weighted by Crippen LogP contribution is -2.03. The van der Waals surface area contributed by atoms with Crippen molar-refractivity contribution in [3.63, 3.8) is 0 Å². The van der Waals surface area contributed by atoms with Crippen LogP contribution in [0.1, 0.15) is 17.0 Å². The van der Waals surface area contributed by atoms with E-state index in [4.69, 9.17) is 5.26 Å². The van der Waals surface area contributed by atoms with Crippen molar-refractivity contribution in [2.24, 2.45) is 0 Å². The van der Waals surface area contributed by atoms with Crippen LogP contribution in [-0.2, 0) is 0 Å². The number of nitriles is 1. The molecule has 3 heterocycles. The summed E-state index contributed by atoms with van der Waals surface area (Å²) in [4.78, 5) is 8.84. The van der Waals surface area contributed by atoms with Crippen molar-refractivity contribution in [1.29, 1.82) is 5.26 Å². The summed E-state index contributed by atoms with van der Waals surface area (Å²) in [6.45, 7) is 3.88. The molecular weight excluding hydrogens is 238 g/mol. The van der Waals surface area contributed by atoms with E-state index in [9.17, 15) is 0 Å². The van der Waals surface area contributed by atoms with Crippen LogP contribution in [0.5, 0.6) is 0 Å². The Morgan fingerprint density at radius 1 is 1.26 bits per heavy atom. The average Bonchev–Trinajstić information content (AvgIpc) is 2.83. The number of nitrogens with zero attached hydrogens (tertiary/aromatic N) is 5. The standard InChI is InChI=1S/C14H11N5/c1-9-13(12-5-3-4-6-16-12)10(2)19-14(18-9)11(7-15)8-17-19/h3-6,8H,1-2H3. The monoisotopic (exact) mass is 249 g/mol. The molecular formula is C14H11N5. The van der Waals surface area contributed by atoms with Crippen LogP contribution in [0.4, 0.5) is 0 Å². The predicted octanol–water partition coefficient (Wildman–Crippen LogP) is 2.28. The second-order valence-electron chi connectivity index (χ2n) is 4.28. The van der Waals surface area contributed by atoms with E-state index >= 15 is 0 Å². The third-order valence-electron chi connectivity index (χ3n) is 3.10. The van der Waals surface area contributed by atoms with Gasteiger partial charge in [-0.15, -0.1) is 0 Å². The maximum atomic E-state index is 9.04. The molecule has 5 nitrogen and oxygen atoms in total. The van der Waals surface area contributed by atoms with Gasteiger partial charge in [-0.25, -0.2) is 9.50 Å². The van der Waals surface area contributed by atoms with Crippen molar-refractivity contribution in [3.05, 3.63) is 47.5 Å². The molecule has 3 aromatic heterocycles. The number of fused-ring (bicyclic) bond motifs is 1. The summed E-state index contributed by atoms with van der Waals surface area (Å²) < 4.78 is 1.69. The molecule has 19 heavy (non-hydrogen) atoms. The Labute approximate surface area is 110 Å². The van der Waals surface area contributed by atoms with Crippen LogP contribution in [0.2, 0.25) is 0 Å². The van der Waals surface area contributed by atoms with E-state index in [0.717, 1.165) is 22.6 Å². The summed E-state index contributed by atoms with van der Waals surface area (Å²) in [6, 6.07) is 7.86. The Hall–Kier alpha value is -2.74. The van der Waals surface area contributed by atoms with Crippen molar-refractivity contribution in [1.82, 2.24) is 19.6 Å². The summed E-state index contributed by atoms with van der Waals surface area (Å²) in [5.74, 6) is 0. The largest absolute Gasteiger partial charge is 0.256 e. The van der Waals surface area contributed by atoms with Gasteiger partial charge in [0.25, 0.3) is 0 Å². The number of pyridine rings is 1. The molecule has 0 atom stereocenters. The highest BCUT2D eigenvalue weighted by Crippen LogP contribution is 2.25. The molecule has 0 fully saturated rings. The topological polar surface area (TPSA) is 66.9 Å². The highest BCUT2D eigenvalue weighted by molar-refractivity contribution is 5.68. The maximum Gasteiger partial charge on any atom is 0.173 e. The first-order valence-electron chi connectivity index (χ1n) is 5.89. The van der Waals surface area contributed by atoms with Crippen LogP contribution in [-0.4, -0.2) is 19.6 Å². The summed E-state index contributed by atoms with van der Waals surface area (Å²) in [5, 5.41) is 13.3. The van der Waals surface area contributed by atoms with Gasteiger partial charge in [0.15, 0.2) is 5.65 Å². The Morgan fingerprint density at radius 2 is 2.11 bits per heavy atom. The van der Waals surface area contributed by atoms with Crippen LogP contribution in [0.25, 0.3) is 16.9 Å². The third kappa shape index (κ3) is 1.66. The number of rotatable bonds is 1. The van der Waals surface area contributed by atoms with Crippen molar-refractivity contribution in [3.8, 4) is 17.3 Å². The molecule has 0 aliphatic carbocycles. The van der Waals surface area contributed by atoms with Gasteiger partial charge in [0.05, 0.1) is 23.3 Å². The number of hydrogen-bond acceptors (Lipinski definition) is 4. The van der Waals surface area contributed by atoms with E-state index in [2.05, 4.69) is 21.1 Å². The molecule has 0 saturated heterocycles. The molecule has 3 aromatic rings. The van der Waals surface area contributed by atoms with Crippen LogP contribution in [0.15, 0.2) is 30.6 Å². The Morgan fingerprint density at radius 3 is 2.79 bits per heavy atom. The van der Waals surface area contributed by atoms with Crippen LogP contribution < -0.4 is 0 Å². The molecule has 0 amide bonds. The highest BCUT2D eigenvalue weighted by Gasteiger charge is 2.15. The second kappa shape index (κ2) is 4.18. The zero-order chi connectivity index (χ0) is 13.4. The SMILES string of the molecule is Cc1nc2c(C#N)cnn2c(C)c1-c1ccccn1. The molecule has 3 rings (SSSR count). The fourth-order valence-electron chi connectivity index (χ4n) is 2.24. The third-order valence-corrected chi connectivity index (χ3v) is 3.10. The van der Waals surface area contributed by atoms with E-state index < -0.39 is 0 Å². The zero-order valence-electron chi connectivity index (χ0n) is 10.6. The van der Waals surface area contributed by atoms with Crippen molar-refractivity contribution < 1.29 is 0 Å². The molecule has 0 aliphatic heterocycles. The van der Waals surface area contributed by atoms with Crippen molar-refractivity contribution >= 4 is 5.65 Å². The molecule has 0 spiro atoms. The fraction of sp³-hybridized carbons (Fsp3) is 0.143. The minimum Gasteiger partial charge on any atom is -0.256 e. The molecule has 0 unspecified atom stereocenters. The minimum atomic E-state index is 0.485. The Kier molecular flexibility index (Phi) is 2.50. The summed E-state index contributed by atoms with van der Waals surface area (Å²) in [7, 11) is 0. The van der Waals surface area contributed by atoms with Gasteiger partial charge in [-0.3, -0.25) is 4.98 Å². The van der Waals surface area contributed by atoms with Gasteiger partial charge in [0.1, 0.15) is 11.6 Å². The van der Waals surface area contributed by atoms with E-state index in [1.54, 1.807) is 10.7 Å². The molecule has 0 aliphatic rings. The number of aryl methyl sites for hydroxylation is 2. The van der Waals surface area contributed by atoms with Gasteiger partial charge >= 0.3 is 0 Å². The first kappa shape index (κ1) is 11.4. The molecule has 0 bridgehead atoms. The minimum absolute atomic E-state index is 0.485. The fourth-order valence-corrected chi connectivity index (χ4v) is 2.24. The smallest absolute Gasteiger partial charge is 0.173 e. The first-order chi connectivity index (χ1) is 9.22. The van der Waals surface area contributed by atoms with E-state index in [1.165, 1.54) is 6.20 Å². The first-order valence-corrected chi connectivity index (χ1v) is 5.89. The van der Waals surface area contributed by atoms with E-state index in [-0.39, 0.29) is 0 Å². The molecule has 92 valence electrons. The molecule has 0 N–H and O–H groups in total. The lowest BCUT2D eigenvalue weighted by Gasteiger charge is -2.10. The van der Waals surface area contributed by atoms with Gasteiger partial charge in [-0.05, 0) is 26.0 Å². The van der Waals surface area contributed by atoms with Gasteiger partial charge in [-0.2, -0.15) is 10.4 Å². The zero-order valence-corrected chi connectivity index (χ0v) is 10.6. The molecule has 0 aromatic carbocycles. The number of hydrogen-bond donors (Lipinski definition) is 0. The summed E-state index contributed by atoms with van der Waals surface area (Å²) in [6.07, 6.45) is 3.29. The van der Waals surface area contributed by atoms with Crippen LogP contribution >= 0.6 is 0 Å². The normalized spacial score (nSPS) is 10.6. The predicted molar refractivity (Wildman–Crippen MR) is 70.4 cm³/mol. The van der Waals surface area contributed by atoms with E-state index in [1.807, 2.05) is 32.0 Å². The molecule has 0 saturated carbocycles. The van der Waals surface area contributed by atoms with Gasteiger partial charge < -0.3 is 0 Å². The Bertz CT molecular complexity index is 796. The van der Waals surface area contributed by atoms with Crippen molar-refractivity contribution in [2.75, 3.05) is 0 Å². The summed E-state index contributed by atoms with van der Waals surface area (Å²) >= 11 is 0. The van der Waals surface area contributed by atoms with Gasteiger partial charge in [0.2, 0.25) is 0 Å². The lowest BCUT2D eigenvalue weighted by atomic mass is 10.1. The second-order valence-corrected chi connectivity index (χ2v) is 4.28. The van der Waals surface area contributed by atoms with Crippen LogP contribution in [0, 0.1) is 25.2 Å². The summed E-state index contributed by atoms with van der Waals surface area (Å²) in [5.41, 5.74) is 4.68. The van der Waals surface area contributed by atoms with Gasteiger partial charge in [-0.1, -0.05) is 6.07 Å². The van der Waals surface area contributed by atoms with Gasteiger partial charge in [0, 0.05) is 11.8 Å².